The highest BCUT2D eigenvalue weighted by molar-refractivity contribution is 7.89. The number of ether oxygens (including phenoxy) is 2. The molecule has 5 atom stereocenters. The van der Waals surface area contributed by atoms with E-state index in [0.29, 0.717) is 22.4 Å². The Labute approximate surface area is 199 Å². The van der Waals surface area contributed by atoms with Gasteiger partial charge in [-0.3, -0.25) is 0 Å². The van der Waals surface area contributed by atoms with E-state index >= 15 is 0 Å². The maximum Gasteiger partial charge on any atom is 0.335 e. The van der Waals surface area contributed by atoms with Crippen LogP contribution in [0.4, 0.5) is 0 Å². The molecular weight excluding hydrogens is 484 g/mol. The molecule has 2 heterocycles. The second kappa shape index (κ2) is 9.83. The largest absolute Gasteiger partial charge is 0.479 e. The highest BCUT2D eigenvalue weighted by atomic mass is 32.2. The molecule has 35 heavy (non-hydrogen) atoms. The number of aromatic nitrogens is 1. The second-order valence-corrected chi connectivity index (χ2v) is 9.37. The van der Waals surface area contributed by atoms with Gasteiger partial charge in [0.25, 0.3) is 0 Å². The molecule has 2 aromatic carbocycles. The van der Waals surface area contributed by atoms with Gasteiger partial charge < -0.3 is 34.4 Å². The average Bonchev–Trinajstić information content (AvgIpc) is 3.26. The number of hydrogen-bond donors (Lipinski definition) is 5. The van der Waals surface area contributed by atoms with Crippen LogP contribution in [0, 0.1) is 0 Å². The fourth-order valence-electron chi connectivity index (χ4n) is 3.67. The summed E-state index contributed by atoms with van der Waals surface area (Å²) >= 11 is 0. The lowest BCUT2D eigenvalue weighted by Crippen LogP contribution is -2.60. The third kappa shape index (κ3) is 5.11. The van der Waals surface area contributed by atoms with Crippen molar-refractivity contribution in [3.05, 3.63) is 60.4 Å². The Hall–Kier alpha value is -3.17. The Kier molecular flexibility index (Phi) is 7.00. The summed E-state index contributed by atoms with van der Waals surface area (Å²) in [5.41, 5.74) is 2.06. The zero-order chi connectivity index (χ0) is 25.3. The molecule has 0 saturated carbocycles. The fraction of sp³-hybridized carbons (Fsp3) is 0.273. The zero-order valence-corrected chi connectivity index (χ0v) is 18.8. The number of rotatable bonds is 7. The minimum atomic E-state index is -3.91. The number of hydrogen-bond acceptors (Lipinski definition) is 10. The van der Waals surface area contributed by atoms with E-state index in [4.69, 9.17) is 19.1 Å². The molecular formula is C22H22N2O10S. The second-order valence-electron chi connectivity index (χ2n) is 7.81. The zero-order valence-electron chi connectivity index (χ0n) is 18.0. The quantitative estimate of drug-likeness (QED) is 0.290. The van der Waals surface area contributed by atoms with Gasteiger partial charge in [0.15, 0.2) is 18.2 Å². The van der Waals surface area contributed by atoms with Gasteiger partial charge in [-0.1, -0.05) is 47.6 Å². The van der Waals surface area contributed by atoms with Crippen molar-refractivity contribution < 1.29 is 47.6 Å². The molecule has 13 heteroatoms. The third-order valence-electron chi connectivity index (χ3n) is 5.47. The van der Waals surface area contributed by atoms with Gasteiger partial charge in [0.2, 0.25) is 10.0 Å². The lowest BCUT2D eigenvalue weighted by Gasteiger charge is -2.38. The van der Waals surface area contributed by atoms with Crippen LogP contribution in [0.15, 0.2) is 64.0 Å². The van der Waals surface area contributed by atoms with Crippen molar-refractivity contribution in [2.75, 3.05) is 0 Å². The molecule has 12 nitrogen and oxygen atoms in total. The maximum absolute atomic E-state index is 11.6. The molecule has 4 rings (SSSR count). The third-order valence-corrected chi connectivity index (χ3v) is 6.40. The number of benzene rings is 2. The van der Waals surface area contributed by atoms with E-state index in [0.717, 1.165) is 0 Å². The van der Waals surface area contributed by atoms with Gasteiger partial charge in [-0.05, 0) is 17.7 Å². The first kappa shape index (κ1) is 24.9. The first-order valence-corrected chi connectivity index (χ1v) is 11.8. The van der Waals surface area contributed by atoms with E-state index in [1.807, 2.05) is 6.07 Å². The minimum Gasteiger partial charge on any atom is -0.479 e. The van der Waals surface area contributed by atoms with Crippen LogP contribution < -0.4 is 5.14 Å². The highest BCUT2D eigenvalue weighted by Gasteiger charge is 2.47. The van der Waals surface area contributed by atoms with Crippen molar-refractivity contribution in [2.24, 2.45) is 5.14 Å². The summed E-state index contributed by atoms with van der Waals surface area (Å²) in [5.74, 6) is -1.39. The number of carbonyl (C=O) groups is 1. The highest BCUT2D eigenvalue weighted by Crippen LogP contribution is 2.36. The van der Waals surface area contributed by atoms with Gasteiger partial charge in [0.05, 0.1) is 10.5 Å². The molecule has 1 fully saturated rings. The van der Waals surface area contributed by atoms with Crippen LogP contribution in [0.5, 0.6) is 0 Å². The van der Waals surface area contributed by atoms with Crippen LogP contribution in [0.25, 0.3) is 22.4 Å². The Bertz CT molecular complexity index is 1290. The number of aliphatic hydroxyl groups is 3. The molecule has 0 radical (unpaired) electrons. The molecule has 0 spiro atoms. The maximum atomic E-state index is 11.6. The number of aliphatic carboxylic acids is 1. The SMILES string of the molecule is NS(=O)(=O)c1ccc(-c2c(-c3ccccc3)noc2CO[C@@H]2O[C@H](C(=O)O)[C@@H](O)[C@H](O)[C@H]2O)cc1. The molecule has 1 aliphatic rings. The molecule has 3 aromatic rings. The van der Waals surface area contributed by atoms with Crippen LogP contribution in [0.1, 0.15) is 5.76 Å². The summed E-state index contributed by atoms with van der Waals surface area (Å²) in [6.45, 7) is -0.372. The number of aliphatic hydroxyl groups excluding tert-OH is 3. The van der Waals surface area contributed by atoms with E-state index in [-0.39, 0.29) is 17.3 Å². The number of sulfonamides is 1. The number of primary sulfonamides is 1. The monoisotopic (exact) mass is 506 g/mol. The molecule has 6 N–H and O–H groups in total. The normalized spacial score (nSPS) is 24.9. The Balaban J connectivity index is 1.67. The van der Waals surface area contributed by atoms with Crippen molar-refractivity contribution in [2.45, 2.75) is 42.2 Å². The molecule has 0 aliphatic carbocycles. The summed E-state index contributed by atoms with van der Waals surface area (Å²) in [6, 6.07) is 14.6. The number of nitrogens with two attached hydrogens (primary N) is 1. The van der Waals surface area contributed by atoms with Gasteiger partial charge in [-0.15, -0.1) is 0 Å². The minimum absolute atomic E-state index is 0.0947. The standard InChI is InChI=1S/C22H22N2O10S/c23-35(30,31)13-8-6-11(7-9-13)15-14(34-24-16(15)12-4-2-1-3-5-12)10-32-22-19(27)17(25)18(26)20(33-22)21(28)29/h1-9,17-20,22,25-27H,10H2,(H,28,29)(H2,23,30,31)/t17-,18-,19+,20-,22+/m0/s1. The summed E-state index contributed by atoms with van der Waals surface area (Å²) in [7, 11) is -3.91. The summed E-state index contributed by atoms with van der Waals surface area (Å²) in [4.78, 5) is 11.2. The van der Waals surface area contributed by atoms with Gasteiger partial charge in [0.1, 0.15) is 30.6 Å². The van der Waals surface area contributed by atoms with Crippen LogP contribution in [-0.4, -0.2) is 70.7 Å². The van der Waals surface area contributed by atoms with E-state index < -0.39 is 46.7 Å². The summed E-state index contributed by atoms with van der Waals surface area (Å²) in [5, 5.41) is 48.5. The predicted molar refractivity (Wildman–Crippen MR) is 118 cm³/mol. The number of nitrogens with zero attached hydrogens (tertiary/aromatic N) is 1. The van der Waals surface area contributed by atoms with Crippen LogP contribution in [-0.2, 0) is 30.9 Å². The topological polar surface area (TPSA) is 203 Å². The molecule has 0 bridgehead atoms. The van der Waals surface area contributed by atoms with E-state index in [1.165, 1.54) is 24.3 Å². The lowest BCUT2D eigenvalue weighted by molar-refractivity contribution is -0.297. The van der Waals surface area contributed by atoms with Crippen LogP contribution in [0.3, 0.4) is 0 Å². The van der Waals surface area contributed by atoms with Crippen LogP contribution in [0.2, 0.25) is 0 Å². The van der Waals surface area contributed by atoms with E-state index in [2.05, 4.69) is 5.16 Å². The lowest BCUT2D eigenvalue weighted by atomic mass is 9.98. The van der Waals surface area contributed by atoms with Crippen molar-refractivity contribution in [1.29, 1.82) is 0 Å². The smallest absolute Gasteiger partial charge is 0.335 e. The van der Waals surface area contributed by atoms with Crippen molar-refractivity contribution in [3.8, 4) is 22.4 Å². The van der Waals surface area contributed by atoms with Crippen molar-refractivity contribution in [1.82, 2.24) is 5.16 Å². The predicted octanol–water partition coefficient (Wildman–Crippen LogP) is 0.0648. The van der Waals surface area contributed by atoms with E-state index in [9.17, 15) is 33.6 Å². The molecule has 1 saturated heterocycles. The Morgan fingerprint density at radius 1 is 0.971 bits per heavy atom. The first-order chi connectivity index (χ1) is 16.6. The molecule has 186 valence electrons. The number of carboxylic acid groups (broad SMARTS) is 1. The van der Waals surface area contributed by atoms with Crippen molar-refractivity contribution in [3.63, 3.8) is 0 Å². The van der Waals surface area contributed by atoms with Gasteiger partial charge >= 0.3 is 5.97 Å². The first-order valence-electron chi connectivity index (χ1n) is 10.3. The molecule has 1 aliphatic heterocycles. The fourth-order valence-corrected chi connectivity index (χ4v) is 4.19. The summed E-state index contributed by atoms with van der Waals surface area (Å²) < 4.78 is 39.4. The Morgan fingerprint density at radius 2 is 1.63 bits per heavy atom. The van der Waals surface area contributed by atoms with Gasteiger partial charge in [-0.25, -0.2) is 18.4 Å². The molecule has 0 amide bonds. The van der Waals surface area contributed by atoms with Gasteiger partial charge in [0, 0.05) is 5.56 Å². The summed E-state index contributed by atoms with van der Waals surface area (Å²) in [6.07, 6.45) is -8.84. The average molecular weight is 506 g/mol. The number of carboxylic acids is 1. The Morgan fingerprint density at radius 3 is 2.23 bits per heavy atom. The van der Waals surface area contributed by atoms with Crippen molar-refractivity contribution >= 4 is 16.0 Å². The molecule has 1 aromatic heterocycles. The van der Waals surface area contributed by atoms with Gasteiger partial charge in [-0.2, -0.15) is 0 Å². The van der Waals surface area contributed by atoms with E-state index in [1.54, 1.807) is 24.3 Å². The van der Waals surface area contributed by atoms with Crippen LogP contribution >= 0.6 is 0 Å². The molecule has 0 unspecified atom stereocenters.